The minimum atomic E-state index is -2.62. The maximum Gasteiger partial charge on any atom is 0.267 e. The van der Waals surface area contributed by atoms with Crippen LogP contribution in [0.1, 0.15) is 85.0 Å². The van der Waals surface area contributed by atoms with Gasteiger partial charge in [0, 0.05) is 43.6 Å². The van der Waals surface area contributed by atoms with Crippen molar-refractivity contribution in [3.63, 3.8) is 0 Å². The van der Waals surface area contributed by atoms with Gasteiger partial charge in [0.05, 0.1) is 18.3 Å². The molecule has 0 aromatic heterocycles. The van der Waals surface area contributed by atoms with Gasteiger partial charge in [-0.2, -0.15) is 0 Å². The predicted octanol–water partition coefficient (Wildman–Crippen LogP) is 4.29. The number of methoxy groups -OCH3 is 1. The maximum atomic E-state index is 13.3. The highest BCUT2D eigenvalue weighted by Gasteiger charge is 2.53. The molecule has 0 saturated carbocycles. The predicted molar refractivity (Wildman–Crippen MR) is 147 cm³/mol. The van der Waals surface area contributed by atoms with Gasteiger partial charge < -0.3 is 14.7 Å². The van der Waals surface area contributed by atoms with Gasteiger partial charge >= 0.3 is 0 Å². The van der Waals surface area contributed by atoms with Gasteiger partial charge in [-0.3, -0.25) is 24.6 Å². The zero-order chi connectivity index (χ0) is 29.5. The molecule has 5 rings (SSSR count). The summed E-state index contributed by atoms with van der Waals surface area (Å²) >= 11 is 0. The number of halogens is 2. The Labute approximate surface area is 238 Å². The van der Waals surface area contributed by atoms with Crippen LogP contribution < -0.4 is 10.1 Å². The van der Waals surface area contributed by atoms with E-state index in [0.717, 1.165) is 16.7 Å². The summed E-state index contributed by atoms with van der Waals surface area (Å²) in [6.45, 7) is 6.12. The Morgan fingerprint density at radius 2 is 1.88 bits per heavy atom. The fraction of sp³-hybridized carbons (Fsp3) is 0.516. The summed E-state index contributed by atoms with van der Waals surface area (Å²) in [6.07, 6.45) is -0.245. The van der Waals surface area contributed by atoms with Gasteiger partial charge in [-0.25, -0.2) is 8.78 Å². The van der Waals surface area contributed by atoms with Crippen LogP contribution in [0.25, 0.3) is 0 Å². The fourth-order valence-corrected chi connectivity index (χ4v) is 6.99. The lowest BCUT2D eigenvalue weighted by atomic mass is 9.61. The Hall–Kier alpha value is -3.37. The van der Waals surface area contributed by atoms with Crippen molar-refractivity contribution in [1.82, 2.24) is 15.1 Å². The monoisotopic (exact) mass is 569 g/mol. The highest BCUT2D eigenvalue weighted by molar-refractivity contribution is 6.05. The normalized spacial score (nSPS) is 24.5. The molecule has 0 radical (unpaired) electrons. The van der Waals surface area contributed by atoms with Crippen molar-refractivity contribution in [2.75, 3.05) is 20.2 Å². The molecular formula is C31H37F2N3O5. The van der Waals surface area contributed by atoms with Crippen molar-refractivity contribution in [3.05, 3.63) is 64.2 Å². The molecule has 41 heavy (non-hydrogen) atoms. The second-order valence-corrected chi connectivity index (χ2v) is 11.5. The highest BCUT2D eigenvalue weighted by Crippen LogP contribution is 2.51. The molecule has 220 valence electrons. The molecular weight excluding hydrogens is 532 g/mol. The van der Waals surface area contributed by atoms with Crippen LogP contribution in [0, 0.1) is 5.41 Å². The van der Waals surface area contributed by atoms with Crippen LogP contribution in [0.2, 0.25) is 0 Å². The molecule has 2 atom stereocenters. The largest absolute Gasteiger partial charge is 0.496 e. The first kappa shape index (κ1) is 29.1. The number of ether oxygens (including phenoxy) is 1. The highest BCUT2D eigenvalue weighted by atomic mass is 19.3. The first-order chi connectivity index (χ1) is 19.6. The van der Waals surface area contributed by atoms with E-state index in [9.17, 15) is 28.3 Å². The number of carbonyl (C=O) groups excluding carboxylic acids is 3. The van der Waals surface area contributed by atoms with Crippen LogP contribution in [0.3, 0.4) is 0 Å². The molecule has 2 fully saturated rings. The number of piperidine rings is 2. The Balaban J connectivity index is 1.38. The summed E-state index contributed by atoms with van der Waals surface area (Å²) < 4.78 is 31.9. The van der Waals surface area contributed by atoms with E-state index in [1.165, 1.54) is 18.1 Å². The smallest absolute Gasteiger partial charge is 0.267 e. The molecule has 2 unspecified atom stereocenters. The second-order valence-electron chi connectivity index (χ2n) is 11.5. The van der Waals surface area contributed by atoms with Gasteiger partial charge in [-0.15, -0.1) is 0 Å². The molecule has 0 bridgehead atoms. The fourth-order valence-electron chi connectivity index (χ4n) is 6.99. The number of hydrogen-bond acceptors (Lipinski definition) is 6. The van der Waals surface area contributed by atoms with Gasteiger partial charge in [-0.1, -0.05) is 32.0 Å². The number of fused-ring (bicyclic) bond motifs is 1. The molecule has 3 amide bonds. The topological polar surface area (TPSA) is 99.2 Å². The Bertz CT molecular complexity index is 1360. The first-order valence-corrected chi connectivity index (χ1v) is 14.2. The number of hydrogen-bond donors (Lipinski definition) is 2. The Kier molecular flexibility index (Phi) is 7.91. The summed E-state index contributed by atoms with van der Waals surface area (Å²) in [6, 6.07) is 9.56. The molecule has 3 aliphatic heterocycles. The summed E-state index contributed by atoms with van der Waals surface area (Å²) in [4.78, 5) is 41.0. The third-order valence-corrected chi connectivity index (χ3v) is 9.49. The average molecular weight is 570 g/mol. The minimum absolute atomic E-state index is 0.132. The molecule has 0 aliphatic carbocycles. The summed E-state index contributed by atoms with van der Waals surface area (Å²) in [7, 11) is 1.39. The van der Waals surface area contributed by atoms with Crippen LogP contribution in [-0.2, 0) is 28.3 Å². The third kappa shape index (κ3) is 5.01. The molecule has 3 aliphatic rings. The van der Waals surface area contributed by atoms with Gasteiger partial charge in [0.25, 0.3) is 12.3 Å². The van der Waals surface area contributed by atoms with E-state index >= 15 is 0 Å². The number of nitrogens with one attached hydrogen (secondary N) is 1. The van der Waals surface area contributed by atoms with Crippen LogP contribution >= 0.6 is 0 Å². The summed E-state index contributed by atoms with van der Waals surface area (Å²) in [5.41, 5.74) is 1.12. The van der Waals surface area contributed by atoms with Crippen LogP contribution in [0.5, 0.6) is 5.75 Å². The molecule has 2 saturated heterocycles. The van der Waals surface area contributed by atoms with Crippen molar-refractivity contribution in [1.29, 1.82) is 0 Å². The van der Waals surface area contributed by atoms with Crippen LogP contribution in [-0.4, -0.2) is 58.9 Å². The second kappa shape index (κ2) is 11.1. The van der Waals surface area contributed by atoms with Crippen molar-refractivity contribution >= 4 is 17.7 Å². The first-order valence-electron chi connectivity index (χ1n) is 14.2. The van der Waals surface area contributed by atoms with Gasteiger partial charge in [0.15, 0.2) is 0 Å². The number of rotatable bonds is 8. The van der Waals surface area contributed by atoms with E-state index in [1.807, 2.05) is 12.1 Å². The van der Waals surface area contributed by atoms with Crippen molar-refractivity contribution in [2.24, 2.45) is 5.41 Å². The van der Waals surface area contributed by atoms with E-state index in [2.05, 4.69) is 24.1 Å². The van der Waals surface area contributed by atoms with Gasteiger partial charge in [0.1, 0.15) is 11.8 Å². The number of benzene rings is 2. The van der Waals surface area contributed by atoms with E-state index in [0.29, 0.717) is 50.9 Å². The Morgan fingerprint density at radius 3 is 2.54 bits per heavy atom. The minimum Gasteiger partial charge on any atom is -0.496 e. The number of aliphatic hydroxyl groups is 1. The van der Waals surface area contributed by atoms with E-state index in [4.69, 9.17) is 4.74 Å². The molecule has 8 nitrogen and oxygen atoms in total. The number of amides is 3. The zero-order valence-electron chi connectivity index (χ0n) is 23.7. The molecule has 10 heteroatoms. The van der Waals surface area contributed by atoms with Gasteiger partial charge in [0.2, 0.25) is 11.8 Å². The quantitative estimate of drug-likeness (QED) is 0.461. The standard InChI is InChI=1S/C31H37F2N3O5/c1-4-30(5-2)18-35(16-19-6-8-23(27(32)33)25(14-19)41-3)13-12-31(30,40)21-7-9-22-20(15-21)17-36(29(22)39)24-10-11-26(37)34-28(24)38/h6-9,14-15,24,27,40H,4-5,10-13,16-18H2,1-3H3,(H,34,37,38). The number of alkyl halides is 2. The van der Waals surface area contributed by atoms with Gasteiger partial charge in [-0.05, 0) is 60.6 Å². The lowest BCUT2D eigenvalue weighted by Gasteiger charge is -2.54. The zero-order valence-corrected chi connectivity index (χ0v) is 23.7. The molecule has 2 N–H and O–H groups in total. The van der Waals surface area contributed by atoms with Crippen LogP contribution in [0.15, 0.2) is 36.4 Å². The lowest BCUT2D eigenvalue weighted by molar-refractivity contribution is -0.148. The average Bonchev–Trinajstić information content (AvgIpc) is 3.29. The summed E-state index contributed by atoms with van der Waals surface area (Å²) in [5, 5.41) is 14.7. The van der Waals surface area contributed by atoms with Crippen molar-refractivity contribution in [2.45, 2.75) is 77.1 Å². The lowest BCUT2D eigenvalue weighted by Crippen LogP contribution is -2.57. The molecule has 2 aromatic rings. The number of likely N-dealkylation sites (tertiary alicyclic amines) is 1. The van der Waals surface area contributed by atoms with Crippen molar-refractivity contribution in [3.8, 4) is 5.75 Å². The summed E-state index contributed by atoms with van der Waals surface area (Å²) in [5.74, 6) is -0.854. The molecule has 2 aromatic carbocycles. The van der Waals surface area contributed by atoms with Crippen LogP contribution in [0.4, 0.5) is 8.78 Å². The van der Waals surface area contributed by atoms with E-state index in [1.54, 1.807) is 18.2 Å². The number of imide groups is 1. The van der Waals surface area contributed by atoms with E-state index in [-0.39, 0.29) is 36.1 Å². The third-order valence-electron chi connectivity index (χ3n) is 9.49. The van der Waals surface area contributed by atoms with Crippen molar-refractivity contribution < 1.29 is 33.0 Å². The maximum absolute atomic E-state index is 13.3. The molecule has 3 heterocycles. The Morgan fingerprint density at radius 1 is 1.12 bits per heavy atom. The number of nitrogens with zero attached hydrogens (tertiary/aromatic N) is 2. The molecule has 0 spiro atoms. The SMILES string of the molecule is CCC1(CC)CN(Cc2ccc(C(F)F)c(OC)c2)CCC1(O)c1ccc2c(c1)CN(C1CCC(=O)NC1=O)C2=O. The van der Waals surface area contributed by atoms with E-state index < -0.39 is 29.4 Å². The number of carbonyl (C=O) groups is 3.